The molecule has 2 amide bonds. The van der Waals surface area contributed by atoms with Gasteiger partial charge < -0.3 is 40.1 Å². The van der Waals surface area contributed by atoms with Gasteiger partial charge in [-0.25, -0.2) is 4.79 Å². The molecule has 0 radical (unpaired) electrons. The highest BCUT2D eigenvalue weighted by molar-refractivity contribution is 5.90. The van der Waals surface area contributed by atoms with Crippen LogP contribution in [0.1, 0.15) is 49.7 Å². The van der Waals surface area contributed by atoms with Crippen LogP contribution in [0.15, 0.2) is 12.1 Å². The number of ether oxygens (including phenoxy) is 2. The van der Waals surface area contributed by atoms with E-state index >= 15 is 0 Å². The number of Topliss-reactive ketones (excluding diaryl/α,β-unsaturated/α-hetero) is 1. The third-order valence-electron chi connectivity index (χ3n) is 10.2. The molecule has 41 heavy (non-hydrogen) atoms. The number of amides is 2. The van der Waals surface area contributed by atoms with Crippen LogP contribution >= 0.6 is 0 Å². The molecule has 2 heterocycles. The molecule has 3 aliphatic carbocycles. The zero-order chi connectivity index (χ0) is 29.3. The summed E-state index contributed by atoms with van der Waals surface area (Å²) in [7, 11) is 3.77. The van der Waals surface area contributed by atoms with Gasteiger partial charge in [0, 0.05) is 50.9 Å². The molecule has 1 spiro atoms. The van der Waals surface area contributed by atoms with Gasteiger partial charge in [-0.2, -0.15) is 0 Å². The number of nitrogens with one attached hydrogen (secondary N) is 1. The second-order valence-corrected chi connectivity index (χ2v) is 12.9. The lowest BCUT2D eigenvalue weighted by Crippen LogP contribution is -2.80. The molecule has 1 aromatic rings. The van der Waals surface area contributed by atoms with Gasteiger partial charge in [0.05, 0.1) is 38.0 Å². The molecule has 2 aliphatic heterocycles. The molecular weight excluding hydrogens is 532 g/mol. The summed E-state index contributed by atoms with van der Waals surface area (Å²) >= 11 is 0. The largest absolute Gasteiger partial charge is 0.481 e. The summed E-state index contributed by atoms with van der Waals surface area (Å²) in [6.45, 7) is 2.04. The van der Waals surface area contributed by atoms with Crippen molar-refractivity contribution in [1.82, 2.24) is 10.2 Å². The van der Waals surface area contributed by atoms with Crippen molar-refractivity contribution < 1.29 is 43.3 Å². The standard InChI is InChI=1S/C29H38N4O8/c1-32(11-10-31-26(37)18(30)14-22(35)36)27(38)40-20-6-5-17-13-21-29(39)8-7-19(34)25-28(29,23(17)24(20)41-25)9-12-33(21,2)15-16-3-4-16/h5-6,16,18,21,25,39H,3-4,7-15,30H2,1-2H3,(H-,31,35,36,37)/p+1/t18-,21?,25-,28-,29+,33?/m0/s1. The Kier molecular flexibility index (Phi) is 6.59. The molecule has 1 saturated heterocycles. The van der Waals surface area contributed by atoms with Crippen molar-refractivity contribution in [2.24, 2.45) is 11.7 Å². The fourth-order valence-corrected chi connectivity index (χ4v) is 8.03. The number of aliphatic hydroxyl groups is 1. The number of nitrogens with two attached hydrogens (primary N) is 1. The Balaban J connectivity index is 1.22. The van der Waals surface area contributed by atoms with Crippen LogP contribution in [0.25, 0.3) is 0 Å². The van der Waals surface area contributed by atoms with Crippen LogP contribution < -0.4 is 20.5 Å². The summed E-state index contributed by atoms with van der Waals surface area (Å²) in [4.78, 5) is 50.3. The van der Waals surface area contributed by atoms with E-state index in [1.165, 1.54) is 24.8 Å². The summed E-state index contributed by atoms with van der Waals surface area (Å²) in [5.41, 5.74) is 5.48. The zero-order valence-electron chi connectivity index (χ0n) is 23.6. The van der Waals surface area contributed by atoms with E-state index in [1.807, 2.05) is 6.07 Å². The lowest BCUT2D eigenvalue weighted by molar-refractivity contribution is -0.950. The number of carboxylic acid groups (broad SMARTS) is 1. The van der Waals surface area contributed by atoms with Gasteiger partial charge in [-0.05, 0) is 30.9 Å². The number of carbonyl (C=O) groups is 4. The molecule has 0 aromatic heterocycles. The van der Waals surface area contributed by atoms with E-state index in [1.54, 1.807) is 6.07 Å². The predicted molar refractivity (Wildman–Crippen MR) is 144 cm³/mol. The Hall–Kier alpha value is -3.22. The third-order valence-corrected chi connectivity index (χ3v) is 10.2. The molecule has 2 bridgehead atoms. The van der Waals surface area contributed by atoms with Crippen LogP contribution in [0.4, 0.5) is 4.79 Å². The lowest BCUT2D eigenvalue weighted by atomic mass is 9.48. The second-order valence-electron chi connectivity index (χ2n) is 12.9. The molecule has 12 nitrogen and oxygen atoms in total. The first kappa shape index (κ1) is 27.9. The topological polar surface area (TPSA) is 168 Å². The lowest BCUT2D eigenvalue weighted by Gasteiger charge is -2.64. The maximum Gasteiger partial charge on any atom is 0.415 e. The zero-order valence-corrected chi connectivity index (χ0v) is 23.6. The van der Waals surface area contributed by atoms with Crippen LogP contribution in [0, 0.1) is 5.92 Å². The number of likely N-dealkylation sites (N-methyl/N-ethyl adjacent to an activating group) is 2. The maximum atomic E-state index is 13.3. The minimum absolute atomic E-state index is 0.0259. The number of benzene rings is 1. The van der Waals surface area contributed by atoms with Gasteiger partial charge in [0.2, 0.25) is 5.91 Å². The van der Waals surface area contributed by atoms with Crippen LogP contribution in [0.3, 0.4) is 0 Å². The van der Waals surface area contributed by atoms with E-state index in [9.17, 15) is 24.3 Å². The van der Waals surface area contributed by atoms with E-state index in [4.69, 9.17) is 20.3 Å². The summed E-state index contributed by atoms with van der Waals surface area (Å²) in [5, 5.41) is 23.9. The predicted octanol–water partition coefficient (Wildman–Crippen LogP) is 0.313. The van der Waals surface area contributed by atoms with Gasteiger partial charge in [-0.3, -0.25) is 14.4 Å². The number of quaternary nitrogens is 1. The van der Waals surface area contributed by atoms with Crippen LogP contribution in [-0.4, -0.2) is 107 Å². The highest BCUT2D eigenvalue weighted by Gasteiger charge is 2.76. The normalized spacial score (nSPS) is 33.3. The first-order valence-electron chi connectivity index (χ1n) is 14.5. The molecule has 6 atom stereocenters. The molecular formula is C29H39N4O8+. The number of nitrogens with zero attached hydrogens (tertiary/aromatic N) is 2. The van der Waals surface area contributed by atoms with E-state index in [0.717, 1.165) is 28.7 Å². The highest BCUT2D eigenvalue weighted by atomic mass is 16.6. The fraction of sp³-hybridized carbons (Fsp3) is 0.655. The van der Waals surface area contributed by atoms with Crippen LogP contribution in [0.5, 0.6) is 11.5 Å². The number of aliphatic carboxylic acids is 1. The smallest absolute Gasteiger partial charge is 0.415 e. The molecule has 2 unspecified atom stereocenters. The van der Waals surface area contributed by atoms with Gasteiger partial charge in [0.15, 0.2) is 23.4 Å². The minimum atomic E-state index is -1.18. The fourth-order valence-electron chi connectivity index (χ4n) is 8.03. The van der Waals surface area contributed by atoms with Gasteiger partial charge in [-0.1, -0.05) is 6.07 Å². The number of carboxylic acids is 1. The molecule has 2 saturated carbocycles. The van der Waals surface area contributed by atoms with Crippen molar-refractivity contribution in [1.29, 1.82) is 0 Å². The van der Waals surface area contributed by atoms with E-state index in [0.29, 0.717) is 30.9 Å². The molecule has 5 N–H and O–H groups in total. The maximum absolute atomic E-state index is 13.3. The van der Waals surface area contributed by atoms with Gasteiger partial charge in [0.25, 0.3) is 0 Å². The molecule has 1 aromatic carbocycles. The molecule has 5 aliphatic rings. The number of carbonyl (C=O) groups excluding carboxylic acids is 3. The summed E-state index contributed by atoms with van der Waals surface area (Å²) < 4.78 is 12.9. The molecule has 222 valence electrons. The van der Waals surface area contributed by atoms with Crippen LogP contribution in [0.2, 0.25) is 0 Å². The molecule has 12 heteroatoms. The Bertz CT molecular complexity index is 1320. The van der Waals surface area contributed by atoms with E-state index < -0.39 is 47.6 Å². The van der Waals surface area contributed by atoms with E-state index in [-0.39, 0.29) is 37.1 Å². The Labute approximate surface area is 238 Å². The Morgan fingerprint density at radius 2 is 2.05 bits per heavy atom. The molecule has 6 rings (SSSR count). The van der Waals surface area contributed by atoms with Crippen molar-refractivity contribution in [2.75, 3.05) is 40.3 Å². The average Bonchev–Trinajstić information content (AvgIpc) is 3.64. The van der Waals surface area contributed by atoms with Crippen LogP contribution in [-0.2, 0) is 26.2 Å². The monoisotopic (exact) mass is 571 g/mol. The number of piperidine rings is 1. The van der Waals surface area contributed by atoms with Gasteiger partial charge in [-0.15, -0.1) is 0 Å². The number of likely N-dealkylation sites (tertiary alicyclic amines) is 1. The van der Waals surface area contributed by atoms with E-state index in [2.05, 4.69) is 12.4 Å². The SMILES string of the molecule is CN(CCNC(=O)[C@@H](N)CC(=O)O)C(=O)Oc1ccc2c3c1O[C@H]1C(=O)CC[C@@]4(O)C(C2)[N+](C)(CC2CC2)CC[C@]314. The summed E-state index contributed by atoms with van der Waals surface area (Å²) in [5.74, 6) is -0.560. The van der Waals surface area contributed by atoms with Gasteiger partial charge >= 0.3 is 12.1 Å². The first-order chi connectivity index (χ1) is 19.4. The molecule has 3 fully saturated rings. The van der Waals surface area contributed by atoms with Crippen molar-refractivity contribution in [2.45, 2.75) is 74.1 Å². The Morgan fingerprint density at radius 3 is 2.76 bits per heavy atom. The third kappa shape index (κ3) is 4.29. The number of rotatable bonds is 9. The quantitative estimate of drug-likeness (QED) is 0.305. The summed E-state index contributed by atoms with van der Waals surface area (Å²) in [6, 6.07) is 2.43. The highest BCUT2D eigenvalue weighted by Crippen LogP contribution is 2.66. The average molecular weight is 572 g/mol. The Morgan fingerprint density at radius 1 is 1.29 bits per heavy atom. The van der Waals surface area contributed by atoms with Crippen molar-refractivity contribution >= 4 is 23.8 Å². The van der Waals surface area contributed by atoms with Crippen molar-refractivity contribution in [3.05, 3.63) is 23.3 Å². The summed E-state index contributed by atoms with van der Waals surface area (Å²) in [6.07, 6.45) is 2.45. The minimum Gasteiger partial charge on any atom is -0.481 e. The van der Waals surface area contributed by atoms with Crippen molar-refractivity contribution in [3.63, 3.8) is 0 Å². The number of hydrogen-bond acceptors (Lipinski definition) is 8. The number of hydrogen-bond donors (Lipinski definition) is 4. The number of ketones is 1. The van der Waals surface area contributed by atoms with Gasteiger partial charge in [0.1, 0.15) is 11.6 Å². The second kappa shape index (κ2) is 9.67. The first-order valence-corrected chi connectivity index (χ1v) is 14.5. The van der Waals surface area contributed by atoms with Crippen molar-refractivity contribution in [3.8, 4) is 11.5 Å².